The summed E-state index contributed by atoms with van der Waals surface area (Å²) in [5.74, 6) is 3.32. The van der Waals surface area contributed by atoms with Crippen LogP contribution >= 0.6 is 11.3 Å². The highest BCUT2D eigenvalue weighted by Gasteiger charge is 2.08. The molecule has 0 unspecified atom stereocenters. The van der Waals surface area contributed by atoms with Gasteiger partial charge in [0.2, 0.25) is 0 Å². The second-order valence-electron chi connectivity index (χ2n) is 12.6. The summed E-state index contributed by atoms with van der Waals surface area (Å²) in [7, 11) is 0. The van der Waals surface area contributed by atoms with Crippen molar-refractivity contribution in [2.24, 2.45) is 0 Å². The first-order chi connectivity index (χ1) is 19.3. The molecule has 4 heterocycles. The SMILES string of the molecule is CC(C)c1ccc(C(C)C)s1.CC(C)c1cccc(-c2cccc(C(C)C)n2)n1.CC(C)c1cccc(C(C)C)n1. The number of nitrogens with zero attached hydrogens (tertiary/aromatic N) is 3. The lowest BCUT2D eigenvalue weighted by molar-refractivity contribution is 0.765. The molecule has 0 fully saturated rings. The molecule has 0 aliphatic heterocycles. The van der Waals surface area contributed by atoms with E-state index in [1.807, 2.05) is 23.5 Å². The molecule has 0 atom stereocenters. The fourth-order valence-corrected chi connectivity index (χ4v) is 4.95. The Morgan fingerprint density at radius 2 is 0.659 bits per heavy atom. The van der Waals surface area contributed by atoms with E-state index in [0.717, 1.165) is 22.8 Å². The van der Waals surface area contributed by atoms with E-state index >= 15 is 0 Å². The number of aromatic nitrogens is 3. The van der Waals surface area contributed by atoms with E-state index in [1.165, 1.54) is 21.1 Å². The number of hydrogen-bond donors (Lipinski definition) is 0. The van der Waals surface area contributed by atoms with Crippen molar-refractivity contribution in [3.63, 3.8) is 0 Å². The van der Waals surface area contributed by atoms with Crippen LogP contribution in [0.25, 0.3) is 11.4 Å². The van der Waals surface area contributed by atoms with Crippen molar-refractivity contribution in [1.82, 2.24) is 15.0 Å². The molecule has 0 aromatic carbocycles. The van der Waals surface area contributed by atoms with E-state index in [9.17, 15) is 0 Å². The molecule has 0 saturated heterocycles. The largest absolute Gasteiger partial charge is 0.257 e. The molecule has 41 heavy (non-hydrogen) atoms. The fraction of sp³-hybridized carbons (Fsp3) is 0.486. The van der Waals surface area contributed by atoms with Crippen LogP contribution < -0.4 is 0 Å². The lowest BCUT2D eigenvalue weighted by Crippen LogP contribution is -1.98. The van der Waals surface area contributed by atoms with Crippen molar-refractivity contribution in [3.05, 3.63) is 99.3 Å². The molecule has 0 amide bonds. The Bertz CT molecular complexity index is 1220. The molecular formula is C37H53N3S. The van der Waals surface area contributed by atoms with Crippen molar-refractivity contribution in [2.75, 3.05) is 0 Å². The van der Waals surface area contributed by atoms with Crippen molar-refractivity contribution in [3.8, 4) is 11.4 Å². The zero-order chi connectivity index (χ0) is 30.7. The molecule has 4 heteroatoms. The summed E-state index contributed by atoms with van der Waals surface area (Å²) < 4.78 is 0. The monoisotopic (exact) mass is 571 g/mol. The Morgan fingerprint density at radius 3 is 0.927 bits per heavy atom. The van der Waals surface area contributed by atoms with E-state index < -0.39 is 0 Å². The van der Waals surface area contributed by atoms with Gasteiger partial charge in [0.15, 0.2) is 0 Å². The van der Waals surface area contributed by atoms with Crippen LogP contribution in [-0.2, 0) is 0 Å². The van der Waals surface area contributed by atoms with Gasteiger partial charge in [-0.05, 0) is 84.0 Å². The Kier molecular flexibility index (Phi) is 13.9. The lowest BCUT2D eigenvalue weighted by Gasteiger charge is -2.09. The minimum atomic E-state index is 0.443. The van der Waals surface area contributed by atoms with Crippen LogP contribution in [0, 0.1) is 0 Å². The van der Waals surface area contributed by atoms with Gasteiger partial charge in [0.1, 0.15) is 0 Å². The second kappa shape index (κ2) is 16.6. The predicted octanol–water partition coefficient (Wildman–Crippen LogP) is 11.7. The maximum atomic E-state index is 4.68. The Balaban J connectivity index is 0.000000225. The standard InChI is InChI=1S/C16H20N2.C11H17N.C10H16S/c1-11(2)13-7-5-9-15(17-13)16-10-6-8-14(18-16)12(3)4;1-8(2)10-6-5-7-11(12-10)9(3)4;1-7(2)9-5-6-10(11-9)8(3)4/h5-12H,1-4H3;5-9H,1-4H3;5-8H,1-4H3. The Hall–Kier alpha value is -2.85. The second-order valence-corrected chi connectivity index (χ2v) is 13.7. The first-order valence-electron chi connectivity index (χ1n) is 15.3. The van der Waals surface area contributed by atoms with Crippen LogP contribution in [-0.4, -0.2) is 15.0 Å². The molecule has 222 valence electrons. The summed E-state index contributed by atoms with van der Waals surface area (Å²) in [4.78, 5) is 16.9. The Labute approximate surface area is 254 Å². The van der Waals surface area contributed by atoms with Crippen LogP contribution in [0.1, 0.15) is 151 Å². The van der Waals surface area contributed by atoms with Crippen molar-refractivity contribution in [1.29, 1.82) is 0 Å². The first kappa shape index (κ1) is 34.4. The number of thiophene rings is 1. The summed E-state index contributed by atoms with van der Waals surface area (Å²) >= 11 is 1.95. The number of rotatable bonds is 7. The van der Waals surface area contributed by atoms with Crippen LogP contribution in [0.2, 0.25) is 0 Å². The summed E-state index contributed by atoms with van der Waals surface area (Å²) in [6.07, 6.45) is 0. The van der Waals surface area contributed by atoms with E-state index in [-0.39, 0.29) is 0 Å². The van der Waals surface area contributed by atoms with Gasteiger partial charge in [-0.15, -0.1) is 11.3 Å². The smallest absolute Gasteiger partial charge is 0.0889 e. The summed E-state index contributed by atoms with van der Waals surface area (Å²) in [6, 6.07) is 23.1. The summed E-state index contributed by atoms with van der Waals surface area (Å²) in [6.45, 7) is 26.3. The maximum absolute atomic E-state index is 4.68. The van der Waals surface area contributed by atoms with Gasteiger partial charge in [-0.2, -0.15) is 0 Å². The van der Waals surface area contributed by atoms with Crippen molar-refractivity contribution in [2.45, 2.75) is 119 Å². The highest BCUT2D eigenvalue weighted by molar-refractivity contribution is 7.12. The molecule has 0 spiro atoms. The number of pyridine rings is 3. The minimum absolute atomic E-state index is 0.443. The van der Waals surface area contributed by atoms with Crippen LogP contribution in [0.5, 0.6) is 0 Å². The zero-order valence-electron chi connectivity index (χ0n) is 27.6. The normalized spacial score (nSPS) is 11.3. The van der Waals surface area contributed by atoms with Gasteiger partial charge in [-0.1, -0.05) is 101 Å². The van der Waals surface area contributed by atoms with Crippen molar-refractivity contribution < 1.29 is 0 Å². The van der Waals surface area contributed by atoms with Gasteiger partial charge >= 0.3 is 0 Å². The summed E-state index contributed by atoms with van der Waals surface area (Å²) in [5, 5.41) is 0. The van der Waals surface area contributed by atoms with E-state index in [1.54, 1.807) is 0 Å². The molecular weight excluding hydrogens is 518 g/mol. The zero-order valence-corrected chi connectivity index (χ0v) is 28.4. The third-order valence-electron chi connectivity index (χ3n) is 6.75. The molecule has 4 rings (SSSR count). The molecule has 0 aliphatic rings. The van der Waals surface area contributed by atoms with Gasteiger partial charge in [-0.3, -0.25) is 15.0 Å². The molecule has 3 nitrogen and oxygen atoms in total. The topological polar surface area (TPSA) is 38.7 Å². The third-order valence-corrected chi connectivity index (χ3v) is 8.43. The van der Waals surface area contributed by atoms with E-state index in [4.69, 9.17) is 0 Å². The maximum Gasteiger partial charge on any atom is 0.0889 e. The molecule has 0 radical (unpaired) electrons. The average molecular weight is 572 g/mol. The van der Waals surface area contributed by atoms with Gasteiger partial charge in [0, 0.05) is 32.5 Å². The highest BCUT2D eigenvalue weighted by atomic mass is 32.1. The predicted molar refractivity (Wildman–Crippen MR) is 181 cm³/mol. The lowest BCUT2D eigenvalue weighted by atomic mass is 10.1. The number of hydrogen-bond acceptors (Lipinski definition) is 4. The fourth-order valence-electron chi connectivity index (χ4n) is 3.93. The van der Waals surface area contributed by atoms with E-state index in [2.05, 4.69) is 153 Å². The minimum Gasteiger partial charge on any atom is -0.257 e. The third kappa shape index (κ3) is 11.2. The van der Waals surface area contributed by atoms with Crippen LogP contribution in [0.3, 0.4) is 0 Å². The van der Waals surface area contributed by atoms with Crippen LogP contribution in [0.4, 0.5) is 0 Å². The summed E-state index contributed by atoms with van der Waals surface area (Å²) in [5.41, 5.74) is 6.54. The van der Waals surface area contributed by atoms with Gasteiger partial charge in [0.05, 0.1) is 11.4 Å². The first-order valence-corrected chi connectivity index (χ1v) is 16.1. The quantitative estimate of drug-likeness (QED) is 0.221. The molecule has 4 aromatic rings. The average Bonchev–Trinajstić information content (AvgIpc) is 3.45. The van der Waals surface area contributed by atoms with Gasteiger partial charge < -0.3 is 0 Å². The Morgan fingerprint density at radius 1 is 0.366 bits per heavy atom. The van der Waals surface area contributed by atoms with Gasteiger partial charge in [-0.25, -0.2) is 0 Å². The van der Waals surface area contributed by atoms with E-state index in [0.29, 0.717) is 35.5 Å². The molecule has 0 saturated carbocycles. The van der Waals surface area contributed by atoms with Crippen molar-refractivity contribution >= 4 is 11.3 Å². The molecule has 0 bridgehead atoms. The highest BCUT2D eigenvalue weighted by Crippen LogP contribution is 2.29. The molecule has 4 aromatic heterocycles. The molecule has 0 aliphatic carbocycles. The van der Waals surface area contributed by atoms with Gasteiger partial charge in [0.25, 0.3) is 0 Å². The van der Waals surface area contributed by atoms with Crippen LogP contribution in [0.15, 0.2) is 66.7 Å². The molecule has 0 N–H and O–H groups in total.